The molecule has 2 aromatic carbocycles. The van der Waals surface area contributed by atoms with Gasteiger partial charge in [-0.2, -0.15) is 8.42 Å². The number of benzene rings is 2. The molecule has 0 aliphatic carbocycles. The Balaban J connectivity index is 0.00000112. The topological polar surface area (TPSA) is 85.9 Å². The van der Waals surface area contributed by atoms with Crippen LogP contribution in [0.1, 0.15) is 0 Å². The van der Waals surface area contributed by atoms with Crippen molar-refractivity contribution >= 4 is 38.3 Å². The summed E-state index contributed by atoms with van der Waals surface area (Å²) in [7, 11) is -4.09. The van der Waals surface area contributed by atoms with E-state index >= 15 is 0 Å². The van der Waals surface area contributed by atoms with E-state index in [-0.39, 0.29) is 27.7 Å². The van der Waals surface area contributed by atoms with Crippen LogP contribution in [0.5, 0.6) is 0 Å². The van der Waals surface area contributed by atoms with Crippen molar-refractivity contribution in [3.8, 4) is 0 Å². The monoisotopic (exact) mass is 253 g/mol. The number of fused-ring (bicyclic) bond motifs is 1. The van der Waals surface area contributed by atoms with E-state index in [1.54, 1.807) is 12.1 Å². The van der Waals surface area contributed by atoms with Crippen LogP contribution in [-0.2, 0) is 10.1 Å². The Bertz CT molecular complexity index is 580. The van der Waals surface area contributed by atoms with Crippen LogP contribution >= 0.6 is 0 Å². The van der Waals surface area contributed by atoms with E-state index in [0.29, 0.717) is 0 Å². The van der Waals surface area contributed by atoms with E-state index in [2.05, 4.69) is 0 Å². The standard InChI is InChI=1S/C10H8O3S.Al.H2O/c11-14(12,13)10-6-5-8-3-1-2-4-9(8)7-10;;/h1-7H,(H,11,12,13);;1H2. The first-order valence-electron chi connectivity index (χ1n) is 4.04. The lowest BCUT2D eigenvalue weighted by molar-refractivity contribution is 0.483. The molecule has 83 valence electrons. The van der Waals surface area contributed by atoms with Crippen molar-refractivity contribution in [1.29, 1.82) is 0 Å². The predicted molar refractivity (Wildman–Crippen MR) is 63.1 cm³/mol. The summed E-state index contributed by atoms with van der Waals surface area (Å²) in [4.78, 5) is -0.0730. The van der Waals surface area contributed by atoms with Crippen LogP contribution in [0.25, 0.3) is 10.8 Å². The lowest BCUT2D eigenvalue weighted by Gasteiger charge is -1.99. The summed E-state index contributed by atoms with van der Waals surface area (Å²) in [6.45, 7) is 0. The van der Waals surface area contributed by atoms with Gasteiger partial charge in [-0.15, -0.1) is 0 Å². The fourth-order valence-corrected chi connectivity index (χ4v) is 1.84. The summed E-state index contributed by atoms with van der Waals surface area (Å²) < 4.78 is 30.5. The van der Waals surface area contributed by atoms with E-state index in [1.807, 2.05) is 18.2 Å². The first kappa shape index (κ1) is 15.1. The van der Waals surface area contributed by atoms with Crippen LogP contribution in [-0.4, -0.2) is 35.8 Å². The third kappa shape index (κ3) is 3.05. The van der Waals surface area contributed by atoms with Crippen LogP contribution in [0.3, 0.4) is 0 Å². The molecule has 0 saturated carbocycles. The van der Waals surface area contributed by atoms with Crippen LogP contribution in [0, 0.1) is 0 Å². The Morgan fingerprint density at radius 3 is 2.06 bits per heavy atom. The summed E-state index contributed by atoms with van der Waals surface area (Å²) in [5.74, 6) is 0. The molecule has 0 saturated heterocycles. The van der Waals surface area contributed by atoms with Gasteiger partial charge in [-0.05, 0) is 22.9 Å². The molecule has 3 radical (unpaired) electrons. The maximum Gasteiger partial charge on any atom is 0.294 e. The third-order valence-electron chi connectivity index (χ3n) is 2.02. The highest BCUT2D eigenvalue weighted by Crippen LogP contribution is 2.18. The van der Waals surface area contributed by atoms with Crippen LogP contribution < -0.4 is 0 Å². The Kier molecular flexibility index (Phi) is 5.13. The summed E-state index contributed by atoms with van der Waals surface area (Å²) in [5, 5.41) is 1.74. The van der Waals surface area contributed by atoms with E-state index in [4.69, 9.17) is 4.55 Å². The summed E-state index contributed by atoms with van der Waals surface area (Å²) >= 11 is 0. The maximum atomic E-state index is 10.8. The Morgan fingerprint density at radius 2 is 1.50 bits per heavy atom. The quantitative estimate of drug-likeness (QED) is 0.604. The number of hydrogen-bond acceptors (Lipinski definition) is 2. The highest BCUT2D eigenvalue weighted by Gasteiger charge is 2.08. The van der Waals surface area contributed by atoms with Gasteiger partial charge < -0.3 is 5.48 Å². The summed E-state index contributed by atoms with van der Waals surface area (Å²) in [5.41, 5.74) is 0. The molecule has 0 fully saturated rings. The van der Waals surface area contributed by atoms with E-state index in [9.17, 15) is 8.42 Å². The Labute approximate surface area is 104 Å². The predicted octanol–water partition coefficient (Wildman–Crippen LogP) is 0.881. The van der Waals surface area contributed by atoms with Gasteiger partial charge in [0.1, 0.15) is 0 Å². The molecule has 2 rings (SSSR count). The molecule has 0 aliphatic heterocycles. The zero-order valence-electron chi connectivity index (χ0n) is 8.29. The van der Waals surface area contributed by atoms with Crippen molar-refractivity contribution < 1.29 is 18.4 Å². The molecule has 0 heterocycles. The molecule has 4 nitrogen and oxygen atoms in total. The van der Waals surface area contributed by atoms with Gasteiger partial charge in [0, 0.05) is 17.4 Å². The number of hydrogen-bond donors (Lipinski definition) is 1. The Morgan fingerprint density at radius 1 is 0.938 bits per heavy atom. The van der Waals surface area contributed by atoms with E-state index < -0.39 is 10.1 Å². The second kappa shape index (κ2) is 5.44. The molecule has 0 spiro atoms. The smallest absolute Gasteiger partial charge is 0.294 e. The molecule has 16 heavy (non-hydrogen) atoms. The van der Waals surface area contributed by atoms with Gasteiger partial charge in [0.25, 0.3) is 10.1 Å². The minimum atomic E-state index is -4.09. The molecule has 3 N–H and O–H groups in total. The second-order valence-electron chi connectivity index (χ2n) is 2.98. The van der Waals surface area contributed by atoms with Crippen molar-refractivity contribution in [1.82, 2.24) is 0 Å². The summed E-state index contributed by atoms with van der Waals surface area (Å²) in [6.07, 6.45) is 0. The molecule has 0 aromatic heterocycles. The third-order valence-corrected chi connectivity index (χ3v) is 2.87. The van der Waals surface area contributed by atoms with Gasteiger partial charge in [0.2, 0.25) is 0 Å². The van der Waals surface area contributed by atoms with Gasteiger partial charge in [-0.3, -0.25) is 4.55 Å². The largest absolute Gasteiger partial charge is 0.412 e. The average molecular weight is 253 g/mol. The normalized spacial score (nSPS) is 10.3. The van der Waals surface area contributed by atoms with Crippen molar-refractivity contribution in [3.05, 3.63) is 42.5 Å². The molecule has 0 unspecified atom stereocenters. The lowest BCUT2D eigenvalue weighted by Crippen LogP contribution is -1.97. The molecular weight excluding hydrogens is 243 g/mol. The average Bonchev–Trinajstić information content (AvgIpc) is 2.16. The first-order valence-corrected chi connectivity index (χ1v) is 5.48. The van der Waals surface area contributed by atoms with Crippen LogP contribution in [0.2, 0.25) is 0 Å². The van der Waals surface area contributed by atoms with Crippen LogP contribution in [0.15, 0.2) is 47.4 Å². The summed E-state index contributed by atoms with van der Waals surface area (Å²) in [6, 6.07) is 11.9. The highest BCUT2D eigenvalue weighted by molar-refractivity contribution is 7.85. The van der Waals surface area contributed by atoms with Gasteiger partial charge in [0.15, 0.2) is 0 Å². The van der Waals surface area contributed by atoms with Crippen molar-refractivity contribution in [2.24, 2.45) is 0 Å². The maximum absolute atomic E-state index is 10.8. The van der Waals surface area contributed by atoms with Gasteiger partial charge in [0.05, 0.1) is 4.90 Å². The molecule has 0 atom stereocenters. The molecule has 2 aromatic rings. The van der Waals surface area contributed by atoms with Crippen molar-refractivity contribution in [3.63, 3.8) is 0 Å². The van der Waals surface area contributed by atoms with E-state index in [1.165, 1.54) is 12.1 Å². The first-order chi connectivity index (χ1) is 6.57. The van der Waals surface area contributed by atoms with Crippen molar-refractivity contribution in [2.45, 2.75) is 4.90 Å². The highest BCUT2D eigenvalue weighted by atomic mass is 32.2. The molecule has 0 amide bonds. The van der Waals surface area contributed by atoms with Gasteiger partial charge >= 0.3 is 0 Å². The second-order valence-corrected chi connectivity index (χ2v) is 4.41. The molecule has 0 bridgehead atoms. The SMILES string of the molecule is O.O=S(=O)(O)c1ccc2ccccc2c1.[Al]. The minimum Gasteiger partial charge on any atom is -0.412 e. The van der Waals surface area contributed by atoms with Crippen molar-refractivity contribution in [2.75, 3.05) is 0 Å². The van der Waals surface area contributed by atoms with Gasteiger partial charge in [-0.25, -0.2) is 0 Å². The van der Waals surface area contributed by atoms with Crippen LogP contribution in [0.4, 0.5) is 0 Å². The molecule has 0 aliphatic rings. The van der Waals surface area contributed by atoms with Gasteiger partial charge in [-0.1, -0.05) is 30.3 Å². The molecular formula is C10H10AlO4S. The fraction of sp³-hybridized carbons (Fsp3) is 0. The zero-order valence-corrected chi connectivity index (χ0v) is 10.3. The molecule has 6 heteroatoms. The minimum absolute atomic E-state index is 0. The Hall–Kier alpha value is -0.898. The number of rotatable bonds is 1. The van der Waals surface area contributed by atoms with E-state index in [0.717, 1.165) is 10.8 Å². The lowest BCUT2D eigenvalue weighted by atomic mass is 10.1. The zero-order chi connectivity index (χ0) is 10.2. The fourth-order valence-electron chi connectivity index (χ4n) is 1.33.